The van der Waals surface area contributed by atoms with Gasteiger partial charge in [-0.1, -0.05) is 131 Å². The van der Waals surface area contributed by atoms with Gasteiger partial charge < -0.3 is 0 Å². The summed E-state index contributed by atoms with van der Waals surface area (Å²) in [5, 5.41) is 5.12. The zero-order valence-electron chi connectivity index (χ0n) is 31.7. The predicted octanol–water partition coefficient (Wildman–Crippen LogP) is 14.8. The summed E-state index contributed by atoms with van der Waals surface area (Å²) in [4.78, 5) is 0. The minimum Gasteiger partial charge on any atom is -0.0610 e. The number of fused-ring (bicyclic) bond motifs is 2. The van der Waals surface area contributed by atoms with Gasteiger partial charge in [-0.15, -0.1) is 0 Å². The van der Waals surface area contributed by atoms with Crippen molar-refractivity contribution in [1.82, 2.24) is 0 Å². The molecule has 0 amide bonds. The van der Waals surface area contributed by atoms with Crippen LogP contribution in [0.5, 0.6) is 0 Å². The van der Waals surface area contributed by atoms with E-state index in [9.17, 15) is 0 Å². The zero-order chi connectivity index (χ0) is 36.3. The van der Waals surface area contributed by atoms with E-state index in [1.165, 1.54) is 122 Å². The summed E-state index contributed by atoms with van der Waals surface area (Å²) in [6.45, 7) is 17.7. The number of aryl methyl sites for hydroxylation is 8. The first-order chi connectivity index (χ1) is 25.0. The molecule has 8 aromatic rings. The average molecular weight is 671 g/mol. The van der Waals surface area contributed by atoms with Gasteiger partial charge in [0.05, 0.1) is 0 Å². The van der Waals surface area contributed by atoms with Crippen molar-refractivity contribution < 1.29 is 0 Å². The average Bonchev–Trinajstić information content (AvgIpc) is 3.14. The maximum absolute atomic E-state index is 2.45. The highest BCUT2D eigenvalue weighted by Gasteiger charge is 2.18. The van der Waals surface area contributed by atoms with E-state index in [1.807, 2.05) is 0 Å². The summed E-state index contributed by atoms with van der Waals surface area (Å²) in [5.74, 6) is 0. The van der Waals surface area contributed by atoms with Crippen LogP contribution in [-0.2, 0) is 0 Å². The lowest BCUT2D eigenvalue weighted by molar-refractivity contribution is 1.39. The van der Waals surface area contributed by atoms with Crippen molar-refractivity contribution in [3.63, 3.8) is 0 Å². The van der Waals surface area contributed by atoms with Crippen LogP contribution in [-0.4, -0.2) is 0 Å². The van der Waals surface area contributed by atoms with E-state index in [0.717, 1.165) is 0 Å². The van der Waals surface area contributed by atoms with Crippen LogP contribution in [0.4, 0.5) is 0 Å². The van der Waals surface area contributed by atoms with Gasteiger partial charge in [0.25, 0.3) is 0 Å². The molecule has 0 fully saturated rings. The van der Waals surface area contributed by atoms with Crippen molar-refractivity contribution in [3.8, 4) is 55.6 Å². The number of hydrogen-bond acceptors (Lipinski definition) is 0. The molecule has 0 aromatic heterocycles. The molecule has 0 aliphatic rings. The zero-order valence-corrected chi connectivity index (χ0v) is 31.7. The van der Waals surface area contributed by atoms with Gasteiger partial charge >= 0.3 is 0 Å². The second-order valence-electron chi connectivity index (χ2n) is 15.1. The highest BCUT2D eigenvalue weighted by atomic mass is 14.2. The Morgan fingerprint density at radius 3 is 0.865 bits per heavy atom. The maximum atomic E-state index is 2.45. The molecule has 0 unspecified atom stereocenters. The molecule has 0 saturated heterocycles. The van der Waals surface area contributed by atoms with Crippen LogP contribution in [0.3, 0.4) is 0 Å². The van der Waals surface area contributed by atoms with Gasteiger partial charge in [0.15, 0.2) is 0 Å². The fraction of sp³-hybridized carbons (Fsp3) is 0.154. The van der Waals surface area contributed by atoms with Crippen molar-refractivity contribution >= 4 is 21.5 Å². The van der Waals surface area contributed by atoms with Crippen molar-refractivity contribution in [2.24, 2.45) is 0 Å². The third kappa shape index (κ3) is 5.93. The van der Waals surface area contributed by atoms with Gasteiger partial charge in [0, 0.05) is 0 Å². The topological polar surface area (TPSA) is 0 Å². The van der Waals surface area contributed by atoms with E-state index in [1.54, 1.807) is 0 Å². The molecule has 0 aliphatic heterocycles. The highest BCUT2D eigenvalue weighted by Crippen LogP contribution is 2.44. The summed E-state index contributed by atoms with van der Waals surface area (Å²) >= 11 is 0. The standard InChI is InChI=1S/C52H46/c1-31-15-19-35(5)45(23-31)41-11-9-13-43-49(41)27-39(29-51(43)47-25-33(3)17-21-37(47)7)40-28-50-42(46-24-32(2)16-20-36(46)6)12-10-14-44(50)52(30-40)48-26-34(4)18-22-38(48)8/h9-30H,1-8H3. The van der Waals surface area contributed by atoms with E-state index in [4.69, 9.17) is 0 Å². The molecule has 0 spiro atoms. The Morgan fingerprint density at radius 1 is 0.231 bits per heavy atom. The SMILES string of the molecule is Cc1ccc(C)c(-c2cc(-c3cc(-c4cc(C)ccc4C)c4cccc(-c5cc(C)ccc5C)c4c3)cc3c(-c4cc(C)ccc4C)cccc23)c1. The summed E-state index contributed by atoms with van der Waals surface area (Å²) in [7, 11) is 0. The molecule has 0 aliphatic carbocycles. The second-order valence-corrected chi connectivity index (χ2v) is 15.1. The van der Waals surface area contributed by atoms with E-state index < -0.39 is 0 Å². The fourth-order valence-electron chi connectivity index (χ4n) is 8.12. The highest BCUT2D eigenvalue weighted by molar-refractivity contribution is 6.11. The number of rotatable bonds is 5. The Bertz CT molecular complexity index is 2510. The van der Waals surface area contributed by atoms with Crippen LogP contribution in [0, 0.1) is 55.4 Å². The summed E-state index contributed by atoms with van der Waals surface area (Å²) in [5.41, 5.74) is 23.0. The van der Waals surface area contributed by atoms with Gasteiger partial charge in [-0.2, -0.15) is 0 Å². The Morgan fingerprint density at radius 2 is 0.538 bits per heavy atom. The third-order valence-electron chi connectivity index (χ3n) is 11.1. The predicted molar refractivity (Wildman–Crippen MR) is 227 cm³/mol. The minimum absolute atomic E-state index is 1.23. The molecule has 52 heavy (non-hydrogen) atoms. The lowest BCUT2D eigenvalue weighted by Gasteiger charge is -2.20. The van der Waals surface area contributed by atoms with Crippen LogP contribution in [0.2, 0.25) is 0 Å². The molecule has 254 valence electrons. The molecule has 0 heteroatoms. The van der Waals surface area contributed by atoms with Crippen LogP contribution >= 0.6 is 0 Å². The van der Waals surface area contributed by atoms with Gasteiger partial charge in [-0.3, -0.25) is 0 Å². The smallest absolute Gasteiger partial charge is 0.00929 e. The Balaban J connectivity index is 1.51. The van der Waals surface area contributed by atoms with E-state index in [2.05, 4.69) is 189 Å². The van der Waals surface area contributed by atoms with E-state index >= 15 is 0 Å². The summed E-state index contributed by atoms with van der Waals surface area (Å²) in [6, 6.07) is 50.9. The van der Waals surface area contributed by atoms with E-state index in [-0.39, 0.29) is 0 Å². The summed E-state index contributed by atoms with van der Waals surface area (Å²) < 4.78 is 0. The van der Waals surface area contributed by atoms with Gasteiger partial charge in [-0.25, -0.2) is 0 Å². The molecule has 0 saturated carbocycles. The Hall–Kier alpha value is -5.72. The normalized spacial score (nSPS) is 11.5. The third-order valence-corrected chi connectivity index (χ3v) is 11.1. The molecule has 0 atom stereocenters. The molecule has 0 N–H and O–H groups in total. The lowest BCUT2D eigenvalue weighted by atomic mass is 9.84. The van der Waals surface area contributed by atoms with E-state index in [0.29, 0.717) is 0 Å². The van der Waals surface area contributed by atoms with Crippen molar-refractivity contribution in [1.29, 1.82) is 0 Å². The molecular weight excluding hydrogens is 625 g/mol. The van der Waals surface area contributed by atoms with Gasteiger partial charge in [0.1, 0.15) is 0 Å². The fourth-order valence-corrected chi connectivity index (χ4v) is 8.12. The molecule has 0 heterocycles. The van der Waals surface area contributed by atoms with Crippen LogP contribution in [0.1, 0.15) is 44.5 Å². The lowest BCUT2D eigenvalue weighted by Crippen LogP contribution is -1.94. The Kier molecular flexibility index (Phi) is 8.43. The first-order valence-corrected chi connectivity index (χ1v) is 18.5. The second kappa shape index (κ2) is 13.1. The largest absolute Gasteiger partial charge is 0.0610 e. The minimum atomic E-state index is 1.23. The van der Waals surface area contributed by atoms with Gasteiger partial charge in [-0.05, 0) is 179 Å². The molecule has 8 aromatic carbocycles. The number of benzene rings is 8. The van der Waals surface area contributed by atoms with Crippen LogP contribution in [0.25, 0.3) is 77.2 Å². The van der Waals surface area contributed by atoms with Crippen molar-refractivity contribution in [3.05, 3.63) is 178 Å². The molecular formula is C52H46. The maximum Gasteiger partial charge on any atom is -0.00929 e. The van der Waals surface area contributed by atoms with Gasteiger partial charge in [0.2, 0.25) is 0 Å². The first kappa shape index (κ1) is 33.4. The molecule has 8 rings (SSSR count). The quantitative estimate of drug-likeness (QED) is 0.171. The Labute approximate surface area is 309 Å². The summed E-state index contributed by atoms with van der Waals surface area (Å²) in [6.07, 6.45) is 0. The van der Waals surface area contributed by atoms with Crippen molar-refractivity contribution in [2.75, 3.05) is 0 Å². The molecule has 0 bridgehead atoms. The number of hydrogen-bond donors (Lipinski definition) is 0. The first-order valence-electron chi connectivity index (χ1n) is 18.5. The molecule has 0 nitrogen and oxygen atoms in total. The van der Waals surface area contributed by atoms with Crippen molar-refractivity contribution in [2.45, 2.75) is 55.4 Å². The monoisotopic (exact) mass is 670 g/mol. The van der Waals surface area contributed by atoms with Crippen LogP contribution in [0.15, 0.2) is 133 Å². The molecule has 0 radical (unpaired) electrons. The van der Waals surface area contributed by atoms with Crippen LogP contribution < -0.4 is 0 Å².